The second-order valence-corrected chi connectivity index (χ2v) is 4.30. The van der Waals surface area contributed by atoms with Crippen molar-refractivity contribution >= 4 is 11.9 Å². The van der Waals surface area contributed by atoms with E-state index in [0.29, 0.717) is 17.9 Å². The van der Waals surface area contributed by atoms with Crippen molar-refractivity contribution in [1.82, 2.24) is 24.7 Å². The van der Waals surface area contributed by atoms with Gasteiger partial charge in [0, 0.05) is 31.6 Å². The molecule has 1 fully saturated rings. The molecular weight excluding hydrogens is 246 g/mol. The third-order valence-electron chi connectivity index (χ3n) is 2.90. The molecule has 0 spiro atoms. The van der Waals surface area contributed by atoms with Crippen LogP contribution < -0.4 is 11.1 Å². The summed E-state index contributed by atoms with van der Waals surface area (Å²) >= 11 is 0. The topological polar surface area (TPSA) is 104 Å². The minimum atomic E-state index is 0.176. The van der Waals surface area contributed by atoms with Gasteiger partial charge in [0.2, 0.25) is 11.9 Å². The molecule has 0 unspecified atom stereocenters. The molecule has 3 rings (SSSR count). The molecule has 3 N–H and O–H groups in total. The highest BCUT2D eigenvalue weighted by molar-refractivity contribution is 5.35. The second kappa shape index (κ2) is 5.19. The molecule has 100 valence electrons. The largest absolute Gasteiger partial charge is 0.381 e. The molecule has 0 radical (unpaired) electrons. The van der Waals surface area contributed by atoms with Gasteiger partial charge in [-0.05, 0) is 18.9 Å². The van der Waals surface area contributed by atoms with Gasteiger partial charge in [-0.2, -0.15) is 20.1 Å². The van der Waals surface area contributed by atoms with Crippen molar-refractivity contribution in [3.05, 3.63) is 18.5 Å². The highest BCUT2D eigenvalue weighted by atomic mass is 16.5. The number of anilines is 2. The number of nitrogens with two attached hydrogens (primary N) is 1. The lowest BCUT2D eigenvalue weighted by molar-refractivity contribution is 0.0903. The molecule has 1 aliphatic rings. The molecule has 1 aliphatic heterocycles. The molecule has 2 aromatic rings. The Hall–Kier alpha value is -2.22. The van der Waals surface area contributed by atoms with E-state index in [4.69, 9.17) is 10.5 Å². The van der Waals surface area contributed by atoms with Crippen LogP contribution in [0, 0.1) is 0 Å². The SMILES string of the molecule is Nc1nc(NC2CCOCC2)nc(-n2cccn2)n1. The van der Waals surface area contributed by atoms with E-state index in [2.05, 4.69) is 25.4 Å². The number of nitrogen functional groups attached to an aromatic ring is 1. The molecule has 1 saturated heterocycles. The smallest absolute Gasteiger partial charge is 0.257 e. The van der Waals surface area contributed by atoms with E-state index < -0.39 is 0 Å². The average Bonchev–Trinajstić information content (AvgIpc) is 2.93. The maximum Gasteiger partial charge on any atom is 0.257 e. The molecule has 3 heterocycles. The monoisotopic (exact) mass is 261 g/mol. The van der Waals surface area contributed by atoms with Crippen LogP contribution in [0.2, 0.25) is 0 Å². The summed E-state index contributed by atoms with van der Waals surface area (Å²) < 4.78 is 6.86. The summed E-state index contributed by atoms with van der Waals surface area (Å²) in [6.45, 7) is 1.51. The number of hydrogen-bond donors (Lipinski definition) is 2. The molecule has 0 aromatic carbocycles. The van der Waals surface area contributed by atoms with E-state index in [-0.39, 0.29) is 5.95 Å². The predicted octanol–water partition coefficient (Wildman–Crippen LogP) is 0.230. The van der Waals surface area contributed by atoms with Crippen LogP contribution in [-0.2, 0) is 4.74 Å². The predicted molar refractivity (Wildman–Crippen MR) is 68.8 cm³/mol. The standard InChI is InChI=1S/C11H15N7O/c12-9-15-10(14-8-2-6-19-7-3-8)17-11(16-9)18-5-1-4-13-18/h1,4-5,8H,2-3,6-7H2,(H3,12,14,15,16,17). The fraction of sp³-hybridized carbons (Fsp3) is 0.455. The number of aromatic nitrogens is 5. The minimum Gasteiger partial charge on any atom is -0.381 e. The first kappa shape index (κ1) is 11.8. The van der Waals surface area contributed by atoms with Crippen molar-refractivity contribution in [2.45, 2.75) is 18.9 Å². The Morgan fingerprint density at radius 3 is 2.84 bits per heavy atom. The van der Waals surface area contributed by atoms with Crippen LogP contribution in [-0.4, -0.2) is 44.0 Å². The van der Waals surface area contributed by atoms with Gasteiger partial charge < -0.3 is 15.8 Å². The first-order chi connectivity index (χ1) is 9.31. The molecule has 8 heteroatoms. The van der Waals surface area contributed by atoms with E-state index in [1.807, 2.05) is 0 Å². The van der Waals surface area contributed by atoms with Crippen molar-refractivity contribution < 1.29 is 4.74 Å². The van der Waals surface area contributed by atoms with Crippen molar-refractivity contribution in [2.75, 3.05) is 24.3 Å². The zero-order valence-electron chi connectivity index (χ0n) is 10.4. The van der Waals surface area contributed by atoms with Crippen molar-refractivity contribution in [3.8, 4) is 5.95 Å². The van der Waals surface area contributed by atoms with Crippen LogP contribution in [0.25, 0.3) is 5.95 Å². The Balaban J connectivity index is 1.81. The number of hydrogen-bond acceptors (Lipinski definition) is 7. The zero-order valence-corrected chi connectivity index (χ0v) is 10.4. The van der Waals surface area contributed by atoms with Crippen molar-refractivity contribution in [2.24, 2.45) is 0 Å². The van der Waals surface area contributed by atoms with Gasteiger partial charge in [-0.15, -0.1) is 0 Å². The van der Waals surface area contributed by atoms with Gasteiger partial charge in [-0.3, -0.25) is 0 Å². The number of nitrogens with one attached hydrogen (secondary N) is 1. The van der Waals surface area contributed by atoms with E-state index in [1.165, 1.54) is 0 Å². The van der Waals surface area contributed by atoms with Gasteiger partial charge in [0.05, 0.1) is 0 Å². The molecule has 8 nitrogen and oxygen atoms in total. The van der Waals surface area contributed by atoms with Crippen LogP contribution in [0.15, 0.2) is 18.5 Å². The Morgan fingerprint density at radius 2 is 2.11 bits per heavy atom. The van der Waals surface area contributed by atoms with Crippen LogP contribution in [0.1, 0.15) is 12.8 Å². The second-order valence-electron chi connectivity index (χ2n) is 4.30. The summed E-state index contributed by atoms with van der Waals surface area (Å²) in [6.07, 6.45) is 5.28. The highest BCUT2D eigenvalue weighted by Crippen LogP contribution is 2.13. The maximum atomic E-state index is 5.70. The van der Waals surface area contributed by atoms with E-state index in [1.54, 1.807) is 23.1 Å². The quantitative estimate of drug-likeness (QED) is 0.815. The van der Waals surface area contributed by atoms with Crippen LogP contribution in [0.3, 0.4) is 0 Å². The maximum absolute atomic E-state index is 5.70. The van der Waals surface area contributed by atoms with Crippen LogP contribution in [0.4, 0.5) is 11.9 Å². The minimum absolute atomic E-state index is 0.176. The summed E-state index contributed by atoms with van der Waals surface area (Å²) in [6, 6.07) is 2.10. The zero-order chi connectivity index (χ0) is 13.1. The number of nitrogens with zero attached hydrogens (tertiary/aromatic N) is 5. The van der Waals surface area contributed by atoms with Crippen LogP contribution >= 0.6 is 0 Å². The van der Waals surface area contributed by atoms with Gasteiger partial charge in [0.1, 0.15) is 0 Å². The molecule has 0 bridgehead atoms. The highest BCUT2D eigenvalue weighted by Gasteiger charge is 2.15. The first-order valence-corrected chi connectivity index (χ1v) is 6.17. The fourth-order valence-corrected chi connectivity index (χ4v) is 1.96. The van der Waals surface area contributed by atoms with Gasteiger partial charge in [0.15, 0.2) is 0 Å². The Bertz CT molecular complexity index is 536. The van der Waals surface area contributed by atoms with Crippen LogP contribution in [0.5, 0.6) is 0 Å². The van der Waals surface area contributed by atoms with E-state index >= 15 is 0 Å². The molecule has 2 aromatic heterocycles. The Kier molecular flexibility index (Phi) is 3.23. The Labute approximate surface area is 110 Å². The molecule has 0 aliphatic carbocycles. The number of ether oxygens (including phenoxy) is 1. The lowest BCUT2D eigenvalue weighted by atomic mass is 10.1. The average molecular weight is 261 g/mol. The fourth-order valence-electron chi connectivity index (χ4n) is 1.96. The summed E-state index contributed by atoms with van der Waals surface area (Å²) in [4.78, 5) is 12.5. The third-order valence-corrected chi connectivity index (χ3v) is 2.90. The molecule has 0 amide bonds. The van der Waals surface area contributed by atoms with Gasteiger partial charge in [-0.25, -0.2) is 4.68 Å². The van der Waals surface area contributed by atoms with Crippen molar-refractivity contribution in [3.63, 3.8) is 0 Å². The van der Waals surface area contributed by atoms with Gasteiger partial charge in [-0.1, -0.05) is 0 Å². The van der Waals surface area contributed by atoms with E-state index in [0.717, 1.165) is 26.1 Å². The third kappa shape index (κ3) is 2.79. The summed E-state index contributed by atoms with van der Waals surface area (Å²) in [7, 11) is 0. The normalized spacial score (nSPS) is 16.4. The molecule has 19 heavy (non-hydrogen) atoms. The first-order valence-electron chi connectivity index (χ1n) is 6.17. The summed E-state index contributed by atoms with van der Waals surface area (Å²) in [5.74, 6) is 1.06. The van der Waals surface area contributed by atoms with E-state index in [9.17, 15) is 0 Å². The lowest BCUT2D eigenvalue weighted by Crippen LogP contribution is -2.29. The van der Waals surface area contributed by atoms with Gasteiger partial charge >= 0.3 is 0 Å². The molecule has 0 saturated carbocycles. The molecular formula is C11H15N7O. The summed E-state index contributed by atoms with van der Waals surface area (Å²) in [5.41, 5.74) is 5.70. The summed E-state index contributed by atoms with van der Waals surface area (Å²) in [5, 5.41) is 7.34. The number of rotatable bonds is 3. The van der Waals surface area contributed by atoms with Gasteiger partial charge in [0.25, 0.3) is 5.95 Å². The Morgan fingerprint density at radius 1 is 1.26 bits per heavy atom. The lowest BCUT2D eigenvalue weighted by Gasteiger charge is -2.23. The van der Waals surface area contributed by atoms with Crippen molar-refractivity contribution in [1.29, 1.82) is 0 Å². The molecule has 0 atom stereocenters.